The van der Waals surface area contributed by atoms with Crippen LogP contribution in [0.4, 0.5) is 18.9 Å². The van der Waals surface area contributed by atoms with Crippen LogP contribution >= 0.6 is 11.6 Å². The van der Waals surface area contributed by atoms with E-state index < -0.39 is 17.8 Å². The number of amides is 1. The van der Waals surface area contributed by atoms with E-state index in [2.05, 4.69) is 15.4 Å². The van der Waals surface area contributed by atoms with Gasteiger partial charge in [0.25, 0.3) is 5.91 Å². The van der Waals surface area contributed by atoms with Crippen LogP contribution in [0.3, 0.4) is 0 Å². The molecule has 0 bridgehead atoms. The van der Waals surface area contributed by atoms with Crippen LogP contribution in [0.5, 0.6) is 0 Å². The van der Waals surface area contributed by atoms with Crippen molar-refractivity contribution in [3.05, 3.63) is 82.1 Å². The Balaban J connectivity index is 1.78. The fourth-order valence-corrected chi connectivity index (χ4v) is 3.32. The van der Waals surface area contributed by atoms with Gasteiger partial charge in [-0.3, -0.25) is 4.79 Å². The third kappa shape index (κ3) is 4.25. The van der Waals surface area contributed by atoms with E-state index >= 15 is 0 Å². The Morgan fingerprint density at radius 1 is 1.03 bits per heavy atom. The quantitative estimate of drug-likeness (QED) is 0.425. The summed E-state index contributed by atoms with van der Waals surface area (Å²) >= 11 is 5.86. The molecule has 0 saturated carbocycles. The lowest BCUT2D eigenvalue weighted by atomic mass is 10.1. The number of hydrogen-bond donors (Lipinski definition) is 1. The molecule has 0 unspecified atom stereocenters. The summed E-state index contributed by atoms with van der Waals surface area (Å²) in [7, 11) is 0. The number of anilines is 1. The van der Waals surface area contributed by atoms with Crippen molar-refractivity contribution >= 4 is 28.8 Å². The highest BCUT2D eigenvalue weighted by Gasteiger charge is 2.35. The number of benzene rings is 2. The standard InChI is InChI=1S/C22H16ClF3N4O/c1-12-3-8-16(13(2)9-12)28-21(31)18-11-20-27-17(14-4-6-15(23)7-5-14)10-19(22(24,25)26)30(20)29-18/h3-11H,1-2H3,(H,28,31). The lowest BCUT2D eigenvalue weighted by molar-refractivity contribution is -0.142. The summed E-state index contributed by atoms with van der Waals surface area (Å²) in [6.07, 6.45) is -4.70. The van der Waals surface area contributed by atoms with Crippen molar-refractivity contribution in [2.45, 2.75) is 20.0 Å². The fourth-order valence-electron chi connectivity index (χ4n) is 3.20. The minimum absolute atomic E-state index is 0.0921. The second kappa shape index (κ2) is 7.70. The Kier molecular flexibility index (Phi) is 5.18. The molecule has 4 rings (SSSR count). The van der Waals surface area contributed by atoms with Gasteiger partial charge >= 0.3 is 6.18 Å². The Morgan fingerprint density at radius 3 is 2.39 bits per heavy atom. The Hall–Kier alpha value is -3.39. The smallest absolute Gasteiger partial charge is 0.320 e. The highest BCUT2D eigenvalue weighted by molar-refractivity contribution is 6.30. The maximum Gasteiger partial charge on any atom is 0.433 e. The van der Waals surface area contributed by atoms with Gasteiger partial charge in [-0.1, -0.05) is 41.4 Å². The number of alkyl halides is 3. The molecule has 31 heavy (non-hydrogen) atoms. The van der Waals surface area contributed by atoms with Gasteiger partial charge in [-0.15, -0.1) is 0 Å². The average molecular weight is 445 g/mol. The zero-order valence-corrected chi connectivity index (χ0v) is 17.2. The Bertz CT molecular complexity index is 1300. The first-order valence-corrected chi connectivity index (χ1v) is 9.62. The molecule has 0 aliphatic carbocycles. The molecule has 0 atom stereocenters. The van der Waals surface area contributed by atoms with E-state index in [1.54, 1.807) is 30.3 Å². The molecule has 0 radical (unpaired) electrons. The number of nitrogens with zero attached hydrogens (tertiary/aromatic N) is 3. The molecule has 0 spiro atoms. The minimum atomic E-state index is -4.70. The third-order valence-electron chi connectivity index (χ3n) is 4.72. The van der Waals surface area contributed by atoms with Crippen molar-refractivity contribution in [1.29, 1.82) is 0 Å². The Labute approximate surface area is 180 Å². The number of halogens is 4. The largest absolute Gasteiger partial charge is 0.433 e. The summed E-state index contributed by atoms with van der Waals surface area (Å²) in [5.74, 6) is -0.626. The molecule has 0 aliphatic heterocycles. The number of carbonyl (C=O) groups is 1. The van der Waals surface area contributed by atoms with Crippen LogP contribution in [0.15, 0.2) is 54.6 Å². The molecule has 2 aromatic carbocycles. The third-order valence-corrected chi connectivity index (χ3v) is 4.97. The number of hydrogen-bond acceptors (Lipinski definition) is 3. The van der Waals surface area contributed by atoms with Gasteiger partial charge in [-0.25, -0.2) is 9.50 Å². The molecule has 0 fully saturated rings. The summed E-state index contributed by atoms with van der Waals surface area (Å²) in [5, 5.41) is 7.01. The van der Waals surface area contributed by atoms with Crippen LogP contribution in [-0.4, -0.2) is 20.5 Å². The summed E-state index contributed by atoms with van der Waals surface area (Å²) in [4.78, 5) is 16.9. The van der Waals surface area contributed by atoms with Crippen LogP contribution in [0.1, 0.15) is 27.3 Å². The van der Waals surface area contributed by atoms with Crippen molar-refractivity contribution in [1.82, 2.24) is 14.6 Å². The van der Waals surface area contributed by atoms with Crippen LogP contribution in [-0.2, 0) is 6.18 Å². The van der Waals surface area contributed by atoms with Crippen LogP contribution in [0.2, 0.25) is 5.02 Å². The van der Waals surface area contributed by atoms with Crippen molar-refractivity contribution in [3.63, 3.8) is 0 Å². The summed E-state index contributed by atoms with van der Waals surface area (Å²) in [5.41, 5.74) is 1.66. The van der Waals surface area contributed by atoms with E-state index in [0.29, 0.717) is 20.8 Å². The molecule has 1 N–H and O–H groups in total. The number of fused-ring (bicyclic) bond motifs is 1. The normalized spacial score (nSPS) is 11.7. The number of aromatic nitrogens is 3. The van der Waals surface area contributed by atoms with E-state index in [1.807, 2.05) is 26.0 Å². The average Bonchev–Trinajstić information content (AvgIpc) is 3.13. The van der Waals surface area contributed by atoms with Gasteiger partial charge in [0.05, 0.1) is 5.69 Å². The fraction of sp³-hybridized carbons (Fsp3) is 0.136. The van der Waals surface area contributed by atoms with Gasteiger partial charge in [0.15, 0.2) is 17.0 Å². The molecule has 0 aliphatic rings. The van der Waals surface area contributed by atoms with Gasteiger partial charge in [-0.2, -0.15) is 18.3 Å². The molecule has 2 heterocycles. The van der Waals surface area contributed by atoms with Gasteiger partial charge in [0.1, 0.15) is 0 Å². The molecule has 158 valence electrons. The first kappa shape index (κ1) is 20.9. The first-order chi connectivity index (χ1) is 14.6. The zero-order chi connectivity index (χ0) is 22.3. The predicted molar refractivity (Wildman–Crippen MR) is 112 cm³/mol. The second-order valence-corrected chi connectivity index (χ2v) is 7.54. The maximum atomic E-state index is 13.7. The lowest BCUT2D eigenvalue weighted by Crippen LogP contribution is -2.16. The van der Waals surface area contributed by atoms with E-state index in [1.165, 1.54) is 6.07 Å². The topological polar surface area (TPSA) is 59.3 Å². The number of aryl methyl sites for hydroxylation is 2. The van der Waals surface area contributed by atoms with E-state index in [-0.39, 0.29) is 17.0 Å². The number of rotatable bonds is 3. The highest BCUT2D eigenvalue weighted by atomic mass is 35.5. The van der Waals surface area contributed by atoms with Crippen LogP contribution < -0.4 is 5.32 Å². The van der Waals surface area contributed by atoms with Gasteiger partial charge in [0.2, 0.25) is 0 Å². The molecule has 2 aromatic heterocycles. The first-order valence-electron chi connectivity index (χ1n) is 9.24. The lowest BCUT2D eigenvalue weighted by Gasteiger charge is -2.11. The molecule has 4 aromatic rings. The highest BCUT2D eigenvalue weighted by Crippen LogP contribution is 2.32. The van der Waals surface area contributed by atoms with E-state index in [9.17, 15) is 18.0 Å². The van der Waals surface area contributed by atoms with Crippen LogP contribution in [0, 0.1) is 13.8 Å². The predicted octanol–water partition coefficient (Wildman–Crippen LogP) is 5.94. The van der Waals surface area contributed by atoms with Crippen LogP contribution in [0.25, 0.3) is 16.9 Å². The van der Waals surface area contributed by atoms with E-state index in [4.69, 9.17) is 11.6 Å². The second-order valence-electron chi connectivity index (χ2n) is 7.10. The van der Waals surface area contributed by atoms with E-state index in [0.717, 1.165) is 17.2 Å². The van der Waals surface area contributed by atoms with Crippen molar-refractivity contribution < 1.29 is 18.0 Å². The molecule has 1 amide bonds. The van der Waals surface area contributed by atoms with Gasteiger partial charge in [-0.05, 0) is 43.7 Å². The monoisotopic (exact) mass is 444 g/mol. The molecular formula is C22H16ClF3N4O. The molecular weight excluding hydrogens is 429 g/mol. The molecule has 0 saturated heterocycles. The van der Waals surface area contributed by atoms with Crippen molar-refractivity contribution in [2.24, 2.45) is 0 Å². The Morgan fingerprint density at radius 2 is 1.74 bits per heavy atom. The SMILES string of the molecule is Cc1ccc(NC(=O)c2cc3nc(-c4ccc(Cl)cc4)cc(C(F)(F)F)n3n2)c(C)c1. The van der Waals surface area contributed by atoms with Crippen molar-refractivity contribution in [2.75, 3.05) is 5.32 Å². The summed E-state index contributed by atoms with van der Waals surface area (Å²) < 4.78 is 41.8. The van der Waals surface area contributed by atoms with Crippen molar-refractivity contribution in [3.8, 4) is 11.3 Å². The van der Waals surface area contributed by atoms with Gasteiger partial charge in [0, 0.05) is 22.3 Å². The zero-order valence-electron chi connectivity index (χ0n) is 16.5. The number of nitrogens with one attached hydrogen (secondary N) is 1. The molecule has 5 nitrogen and oxygen atoms in total. The summed E-state index contributed by atoms with van der Waals surface area (Å²) in [6, 6.07) is 13.9. The summed E-state index contributed by atoms with van der Waals surface area (Å²) in [6.45, 7) is 3.75. The maximum absolute atomic E-state index is 13.7. The van der Waals surface area contributed by atoms with Gasteiger partial charge < -0.3 is 5.32 Å². The molecule has 9 heteroatoms. The number of carbonyl (C=O) groups excluding carboxylic acids is 1. The minimum Gasteiger partial charge on any atom is -0.320 e.